The first-order chi connectivity index (χ1) is 8.31. The van der Waals surface area contributed by atoms with Gasteiger partial charge in [-0.3, -0.25) is 0 Å². The lowest BCUT2D eigenvalue weighted by molar-refractivity contribution is -0.00987. The van der Waals surface area contributed by atoms with Gasteiger partial charge in [0, 0.05) is 6.04 Å². The van der Waals surface area contributed by atoms with Crippen molar-refractivity contribution in [2.45, 2.75) is 45.8 Å². The molecule has 0 saturated heterocycles. The number of aryl methyl sites for hydroxylation is 1. The third kappa shape index (κ3) is 5.07. The summed E-state index contributed by atoms with van der Waals surface area (Å²) >= 11 is 0. The zero-order valence-corrected chi connectivity index (χ0v) is 12.1. The maximum atomic E-state index is 6.11. The van der Waals surface area contributed by atoms with E-state index in [4.69, 9.17) is 15.2 Å². The third-order valence-corrected chi connectivity index (χ3v) is 2.65. The van der Waals surface area contributed by atoms with Gasteiger partial charge in [-0.2, -0.15) is 0 Å². The van der Waals surface area contributed by atoms with Crippen molar-refractivity contribution in [3.8, 4) is 5.75 Å². The monoisotopic (exact) mass is 251 g/mol. The van der Waals surface area contributed by atoms with Crippen molar-refractivity contribution < 1.29 is 9.47 Å². The number of nitrogens with two attached hydrogens (primary N) is 1. The Kier molecular flexibility index (Phi) is 5.17. The van der Waals surface area contributed by atoms with Gasteiger partial charge in [0.1, 0.15) is 5.75 Å². The van der Waals surface area contributed by atoms with Crippen LogP contribution in [-0.4, -0.2) is 25.4 Å². The molecular weight excluding hydrogens is 226 g/mol. The van der Waals surface area contributed by atoms with Crippen LogP contribution in [-0.2, 0) is 11.2 Å². The van der Waals surface area contributed by atoms with Crippen LogP contribution in [0.3, 0.4) is 0 Å². The van der Waals surface area contributed by atoms with Gasteiger partial charge in [0.05, 0.1) is 19.3 Å². The summed E-state index contributed by atoms with van der Waals surface area (Å²) < 4.78 is 11.1. The number of benzene rings is 1. The fourth-order valence-electron chi connectivity index (χ4n) is 1.77. The average molecular weight is 251 g/mol. The Morgan fingerprint density at radius 3 is 2.50 bits per heavy atom. The molecular formula is C15H25NO2. The number of ether oxygens (including phenoxy) is 2. The van der Waals surface area contributed by atoms with Gasteiger partial charge >= 0.3 is 0 Å². The molecule has 0 aromatic heterocycles. The van der Waals surface area contributed by atoms with Crippen molar-refractivity contribution >= 4 is 0 Å². The van der Waals surface area contributed by atoms with Crippen LogP contribution in [0.2, 0.25) is 0 Å². The van der Waals surface area contributed by atoms with Gasteiger partial charge in [-0.25, -0.2) is 0 Å². The molecule has 0 radical (unpaired) electrons. The molecule has 2 N–H and O–H groups in total. The summed E-state index contributed by atoms with van der Waals surface area (Å²) in [7, 11) is 1.69. The van der Waals surface area contributed by atoms with Crippen LogP contribution < -0.4 is 10.5 Å². The van der Waals surface area contributed by atoms with Crippen molar-refractivity contribution in [2.75, 3.05) is 13.7 Å². The summed E-state index contributed by atoms with van der Waals surface area (Å²) in [5.41, 5.74) is 8.32. The first-order valence-electron chi connectivity index (χ1n) is 6.35. The molecule has 102 valence electrons. The van der Waals surface area contributed by atoms with E-state index in [0.29, 0.717) is 6.61 Å². The van der Waals surface area contributed by atoms with Crippen LogP contribution in [0.15, 0.2) is 18.2 Å². The second kappa shape index (κ2) is 6.21. The quantitative estimate of drug-likeness (QED) is 0.875. The van der Waals surface area contributed by atoms with Gasteiger partial charge in [0.25, 0.3) is 0 Å². The number of methoxy groups -OCH3 is 1. The highest BCUT2D eigenvalue weighted by Crippen LogP contribution is 2.21. The molecule has 18 heavy (non-hydrogen) atoms. The minimum Gasteiger partial charge on any atom is -0.496 e. The zero-order chi connectivity index (χ0) is 13.8. The SMILES string of the molecule is COc1ccc(C)cc1CC(N)COC(C)(C)C. The molecule has 0 aliphatic carbocycles. The van der Waals surface area contributed by atoms with Crippen LogP contribution in [0.1, 0.15) is 31.9 Å². The van der Waals surface area contributed by atoms with E-state index in [-0.39, 0.29) is 11.6 Å². The predicted molar refractivity (Wildman–Crippen MR) is 75.1 cm³/mol. The second-order valence-electron chi connectivity index (χ2n) is 5.70. The number of rotatable bonds is 5. The van der Waals surface area contributed by atoms with E-state index in [1.54, 1.807) is 7.11 Å². The van der Waals surface area contributed by atoms with Crippen molar-refractivity contribution in [2.24, 2.45) is 5.73 Å². The fourth-order valence-corrected chi connectivity index (χ4v) is 1.77. The predicted octanol–water partition coefficient (Wildman–Crippen LogP) is 2.69. The summed E-state index contributed by atoms with van der Waals surface area (Å²) in [6, 6.07) is 6.14. The first-order valence-corrected chi connectivity index (χ1v) is 6.35. The summed E-state index contributed by atoms with van der Waals surface area (Å²) in [6.07, 6.45) is 0.765. The van der Waals surface area contributed by atoms with Crippen LogP contribution in [0.4, 0.5) is 0 Å². The minimum absolute atomic E-state index is 0.0140. The van der Waals surface area contributed by atoms with E-state index in [1.807, 2.05) is 32.9 Å². The standard InChI is InChI=1S/C15H25NO2/c1-11-6-7-14(17-5)12(8-11)9-13(16)10-18-15(2,3)4/h6-8,13H,9-10,16H2,1-5H3. The molecule has 0 saturated carbocycles. The Hall–Kier alpha value is -1.06. The molecule has 1 atom stereocenters. The molecule has 3 nitrogen and oxygen atoms in total. The van der Waals surface area contributed by atoms with E-state index >= 15 is 0 Å². The molecule has 0 aliphatic heterocycles. The summed E-state index contributed by atoms with van der Waals surface area (Å²) in [6.45, 7) is 8.73. The molecule has 1 rings (SSSR count). The lowest BCUT2D eigenvalue weighted by Crippen LogP contribution is -2.33. The Balaban J connectivity index is 2.63. The van der Waals surface area contributed by atoms with E-state index in [1.165, 1.54) is 5.56 Å². The highest BCUT2D eigenvalue weighted by atomic mass is 16.5. The van der Waals surface area contributed by atoms with Gasteiger partial charge in [0.15, 0.2) is 0 Å². The maximum Gasteiger partial charge on any atom is 0.122 e. The van der Waals surface area contributed by atoms with Gasteiger partial charge in [-0.05, 0) is 45.7 Å². The third-order valence-electron chi connectivity index (χ3n) is 2.65. The molecule has 1 aromatic rings. The molecule has 0 fully saturated rings. The molecule has 0 aliphatic rings. The molecule has 0 spiro atoms. The van der Waals surface area contributed by atoms with Crippen LogP contribution >= 0.6 is 0 Å². The fraction of sp³-hybridized carbons (Fsp3) is 0.600. The van der Waals surface area contributed by atoms with Crippen LogP contribution in [0.25, 0.3) is 0 Å². The number of hydrogen-bond acceptors (Lipinski definition) is 3. The Morgan fingerprint density at radius 2 is 1.94 bits per heavy atom. The van der Waals surface area contributed by atoms with Crippen molar-refractivity contribution in [1.29, 1.82) is 0 Å². The normalized spacial score (nSPS) is 13.4. The molecule has 0 bridgehead atoms. The molecule has 1 aromatic carbocycles. The van der Waals surface area contributed by atoms with Gasteiger partial charge < -0.3 is 15.2 Å². The minimum atomic E-state index is -0.145. The Morgan fingerprint density at radius 1 is 1.28 bits per heavy atom. The van der Waals surface area contributed by atoms with E-state index in [9.17, 15) is 0 Å². The van der Waals surface area contributed by atoms with Crippen LogP contribution in [0, 0.1) is 6.92 Å². The summed E-state index contributed by atoms with van der Waals surface area (Å²) in [5.74, 6) is 0.895. The lowest BCUT2D eigenvalue weighted by atomic mass is 10.0. The number of hydrogen-bond donors (Lipinski definition) is 1. The van der Waals surface area contributed by atoms with Crippen molar-refractivity contribution in [3.63, 3.8) is 0 Å². The second-order valence-corrected chi connectivity index (χ2v) is 5.70. The molecule has 1 unspecified atom stereocenters. The van der Waals surface area contributed by atoms with Crippen LogP contribution in [0.5, 0.6) is 5.75 Å². The molecule has 0 heterocycles. The average Bonchev–Trinajstić information content (AvgIpc) is 2.26. The summed E-state index contributed by atoms with van der Waals surface area (Å²) in [4.78, 5) is 0. The van der Waals surface area contributed by atoms with E-state index < -0.39 is 0 Å². The van der Waals surface area contributed by atoms with E-state index in [2.05, 4.69) is 13.0 Å². The van der Waals surface area contributed by atoms with E-state index in [0.717, 1.165) is 17.7 Å². The molecule has 0 amide bonds. The maximum absolute atomic E-state index is 6.11. The lowest BCUT2D eigenvalue weighted by Gasteiger charge is -2.23. The largest absolute Gasteiger partial charge is 0.496 e. The highest BCUT2D eigenvalue weighted by molar-refractivity contribution is 5.37. The van der Waals surface area contributed by atoms with Gasteiger partial charge in [0.2, 0.25) is 0 Å². The first kappa shape index (κ1) is 15.0. The van der Waals surface area contributed by atoms with Crippen molar-refractivity contribution in [3.05, 3.63) is 29.3 Å². The van der Waals surface area contributed by atoms with Crippen molar-refractivity contribution in [1.82, 2.24) is 0 Å². The zero-order valence-electron chi connectivity index (χ0n) is 12.1. The molecule has 3 heteroatoms. The Labute approximate surface area is 110 Å². The smallest absolute Gasteiger partial charge is 0.122 e. The van der Waals surface area contributed by atoms with Gasteiger partial charge in [-0.15, -0.1) is 0 Å². The topological polar surface area (TPSA) is 44.5 Å². The van der Waals surface area contributed by atoms with Gasteiger partial charge in [-0.1, -0.05) is 17.7 Å². The summed E-state index contributed by atoms with van der Waals surface area (Å²) in [5, 5.41) is 0. The Bertz CT molecular complexity index is 383. The highest BCUT2D eigenvalue weighted by Gasteiger charge is 2.14.